The predicted molar refractivity (Wildman–Crippen MR) is 61.1 cm³/mol. The topological polar surface area (TPSA) is 12.0 Å². The maximum Gasteiger partial charge on any atom is 0.00644 e. The van der Waals surface area contributed by atoms with E-state index in [9.17, 15) is 0 Å². The monoisotopic (exact) mass is 185 g/mol. The molecule has 0 heterocycles. The van der Waals surface area contributed by atoms with Crippen molar-refractivity contribution in [3.05, 3.63) is 0 Å². The van der Waals surface area contributed by atoms with E-state index in [1.807, 2.05) is 0 Å². The van der Waals surface area contributed by atoms with Crippen LogP contribution >= 0.6 is 0 Å². The van der Waals surface area contributed by atoms with Crippen molar-refractivity contribution in [3.8, 4) is 0 Å². The van der Waals surface area contributed by atoms with Gasteiger partial charge in [-0.25, -0.2) is 0 Å². The van der Waals surface area contributed by atoms with Gasteiger partial charge >= 0.3 is 0 Å². The van der Waals surface area contributed by atoms with Gasteiger partial charge in [-0.05, 0) is 31.7 Å². The van der Waals surface area contributed by atoms with Crippen LogP contribution in [-0.4, -0.2) is 12.6 Å². The van der Waals surface area contributed by atoms with Crippen LogP contribution in [-0.2, 0) is 0 Å². The van der Waals surface area contributed by atoms with Gasteiger partial charge in [-0.2, -0.15) is 0 Å². The van der Waals surface area contributed by atoms with Crippen LogP contribution in [0.5, 0.6) is 0 Å². The van der Waals surface area contributed by atoms with E-state index in [0.717, 1.165) is 12.0 Å². The lowest BCUT2D eigenvalue weighted by atomic mass is 10.0. The zero-order valence-corrected chi connectivity index (χ0v) is 9.90. The SMILES string of the molecule is CCCNC(CC)CCCC(C)C. The van der Waals surface area contributed by atoms with Crippen molar-refractivity contribution >= 4 is 0 Å². The summed E-state index contributed by atoms with van der Waals surface area (Å²) < 4.78 is 0. The molecule has 13 heavy (non-hydrogen) atoms. The highest BCUT2D eigenvalue weighted by Gasteiger charge is 2.04. The van der Waals surface area contributed by atoms with Gasteiger partial charge in [-0.3, -0.25) is 0 Å². The fraction of sp³-hybridized carbons (Fsp3) is 1.00. The molecule has 0 saturated carbocycles. The largest absolute Gasteiger partial charge is 0.314 e. The van der Waals surface area contributed by atoms with Crippen molar-refractivity contribution < 1.29 is 0 Å². The van der Waals surface area contributed by atoms with Gasteiger partial charge in [0.15, 0.2) is 0 Å². The van der Waals surface area contributed by atoms with Gasteiger partial charge in [0.2, 0.25) is 0 Å². The Morgan fingerprint density at radius 2 is 1.77 bits per heavy atom. The Balaban J connectivity index is 3.36. The highest BCUT2D eigenvalue weighted by molar-refractivity contribution is 4.64. The van der Waals surface area contributed by atoms with E-state index in [-0.39, 0.29) is 0 Å². The van der Waals surface area contributed by atoms with Crippen molar-refractivity contribution in [2.75, 3.05) is 6.54 Å². The molecule has 0 radical (unpaired) electrons. The Kier molecular flexibility index (Phi) is 8.53. The molecule has 80 valence electrons. The number of rotatable bonds is 8. The molecule has 0 fully saturated rings. The molecule has 0 amide bonds. The van der Waals surface area contributed by atoms with Crippen LogP contribution in [0.15, 0.2) is 0 Å². The summed E-state index contributed by atoms with van der Waals surface area (Å²) in [5.41, 5.74) is 0. The second kappa shape index (κ2) is 8.55. The molecule has 0 rings (SSSR count). The smallest absolute Gasteiger partial charge is 0.00644 e. The lowest BCUT2D eigenvalue weighted by molar-refractivity contribution is 0.428. The van der Waals surface area contributed by atoms with Gasteiger partial charge in [-0.15, -0.1) is 0 Å². The summed E-state index contributed by atoms with van der Waals surface area (Å²) in [6.07, 6.45) is 6.64. The fourth-order valence-electron chi connectivity index (χ4n) is 1.57. The molecule has 0 aliphatic rings. The lowest BCUT2D eigenvalue weighted by Crippen LogP contribution is -2.28. The third-order valence-electron chi connectivity index (χ3n) is 2.51. The molecule has 0 aliphatic carbocycles. The normalized spacial score (nSPS) is 13.6. The zero-order chi connectivity index (χ0) is 10.1. The first-order chi connectivity index (χ1) is 6.20. The van der Waals surface area contributed by atoms with Gasteiger partial charge in [0.05, 0.1) is 0 Å². The van der Waals surface area contributed by atoms with E-state index >= 15 is 0 Å². The molecule has 1 nitrogen and oxygen atoms in total. The highest BCUT2D eigenvalue weighted by atomic mass is 14.9. The molecule has 1 unspecified atom stereocenters. The molecular formula is C12H27N. The summed E-state index contributed by atoms with van der Waals surface area (Å²) in [7, 11) is 0. The van der Waals surface area contributed by atoms with Gasteiger partial charge in [0.25, 0.3) is 0 Å². The standard InChI is InChI=1S/C12H27N/c1-5-10-13-12(6-2)9-7-8-11(3)4/h11-13H,5-10H2,1-4H3. The zero-order valence-electron chi connectivity index (χ0n) is 9.90. The summed E-state index contributed by atoms with van der Waals surface area (Å²) in [5, 5.41) is 3.59. The van der Waals surface area contributed by atoms with E-state index in [0.29, 0.717) is 0 Å². The minimum Gasteiger partial charge on any atom is -0.314 e. The Morgan fingerprint density at radius 1 is 1.08 bits per heavy atom. The van der Waals surface area contributed by atoms with Crippen LogP contribution in [0.1, 0.15) is 59.8 Å². The van der Waals surface area contributed by atoms with Gasteiger partial charge in [-0.1, -0.05) is 40.5 Å². The summed E-state index contributed by atoms with van der Waals surface area (Å²) in [6.45, 7) is 10.3. The van der Waals surface area contributed by atoms with Crippen molar-refractivity contribution in [1.82, 2.24) is 5.32 Å². The Hall–Kier alpha value is -0.0400. The van der Waals surface area contributed by atoms with Crippen molar-refractivity contribution in [2.45, 2.75) is 65.8 Å². The molecule has 0 saturated heterocycles. The second-order valence-electron chi connectivity index (χ2n) is 4.38. The molecule has 0 spiro atoms. The Labute approximate surface area is 84.3 Å². The molecule has 1 atom stereocenters. The van der Waals surface area contributed by atoms with E-state index < -0.39 is 0 Å². The van der Waals surface area contributed by atoms with Gasteiger partial charge in [0.1, 0.15) is 0 Å². The Morgan fingerprint density at radius 3 is 2.23 bits per heavy atom. The molecule has 0 aromatic rings. The molecular weight excluding hydrogens is 158 g/mol. The van der Waals surface area contributed by atoms with E-state index in [2.05, 4.69) is 33.0 Å². The van der Waals surface area contributed by atoms with Crippen LogP contribution in [0, 0.1) is 5.92 Å². The molecule has 0 bridgehead atoms. The summed E-state index contributed by atoms with van der Waals surface area (Å²) in [5.74, 6) is 0.865. The van der Waals surface area contributed by atoms with Gasteiger partial charge < -0.3 is 5.32 Å². The maximum absolute atomic E-state index is 3.59. The summed E-state index contributed by atoms with van der Waals surface area (Å²) >= 11 is 0. The minimum absolute atomic E-state index is 0.763. The van der Waals surface area contributed by atoms with Crippen LogP contribution in [0.2, 0.25) is 0 Å². The van der Waals surface area contributed by atoms with Crippen LogP contribution < -0.4 is 5.32 Å². The molecule has 0 aliphatic heterocycles. The Bertz CT molecular complexity index is 99.3. The average Bonchev–Trinajstić information content (AvgIpc) is 2.10. The minimum atomic E-state index is 0.763. The van der Waals surface area contributed by atoms with Crippen LogP contribution in [0.3, 0.4) is 0 Å². The van der Waals surface area contributed by atoms with Crippen LogP contribution in [0.25, 0.3) is 0 Å². The molecule has 1 N–H and O–H groups in total. The summed E-state index contributed by atoms with van der Waals surface area (Å²) in [4.78, 5) is 0. The first-order valence-corrected chi connectivity index (χ1v) is 5.94. The highest BCUT2D eigenvalue weighted by Crippen LogP contribution is 2.09. The average molecular weight is 185 g/mol. The maximum atomic E-state index is 3.59. The third-order valence-corrected chi connectivity index (χ3v) is 2.51. The third kappa shape index (κ3) is 8.29. The van der Waals surface area contributed by atoms with Crippen molar-refractivity contribution in [1.29, 1.82) is 0 Å². The predicted octanol–water partition coefficient (Wildman–Crippen LogP) is 3.59. The van der Waals surface area contributed by atoms with Crippen molar-refractivity contribution in [3.63, 3.8) is 0 Å². The molecule has 0 aromatic carbocycles. The fourth-order valence-corrected chi connectivity index (χ4v) is 1.57. The van der Waals surface area contributed by atoms with E-state index in [1.54, 1.807) is 0 Å². The number of hydrogen-bond acceptors (Lipinski definition) is 1. The number of nitrogens with one attached hydrogen (secondary N) is 1. The van der Waals surface area contributed by atoms with Gasteiger partial charge in [0, 0.05) is 6.04 Å². The van der Waals surface area contributed by atoms with E-state index in [1.165, 1.54) is 38.6 Å². The quantitative estimate of drug-likeness (QED) is 0.609. The first-order valence-electron chi connectivity index (χ1n) is 5.94. The second-order valence-corrected chi connectivity index (χ2v) is 4.38. The number of hydrogen-bond donors (Lipinski definition) is 1. The van der Waals surface area contributed by atoms with E-state index in [4.69, 9.17) is 0 Å². The van der Waals surface area contributed by atoms with Crippen molar-refractivity contribution in [2.24, 2.45) is 5.92 Å². The molecule has 1 heteroatoms. The molecule has 0 aromatic heterocycles. The summed E-state index contributed by atoms with van der Waals surface area (Å²) in [6, 6.07) is 0.763. The van der Waals surface area contributed by atoms with Crippen LogP contribution in [0.4, 0.5) is 0 Å². The first kappa shape index (κ1) is 13.0. The lowest BCUT2D eigenvalue weighted by Gasteiger charge is -2.16.